The molecule has 0 fully saturated rings. The first-order valence-electron chi connectivity index (χ1n) is 13.4. The minimum atomic E-state index is 1.02. The number of aromatic nitrogens is 2. The van der Waals surface area contributed by atoms with E-state index in [1.54, 1.807) is 22.7 Å². The molecule has 6 heteroatoms. The zero-order chi connectivity index (χ0) is 23.7. The number of hydrogen-bond donors (Lipinski definition) is 0. The lowest BCUT2D eigenvalue weighted by atomic mass is 10.0. The molecule has 0 aliphatic heterocycles. The molecule has 0 N–H and O–H groups in total. The van der Waals surface area contributed by atoms with Gasteiger partial charge < -0.3 is 0 Å². The average Bonchev–Trinajstić information content (AvgIpc) is 3.34. The van der Waals surface area contributed by atoms with Gasteiger partial charge in [0.2, 0.25) is 0 Å². The predicted octanol–water partition coefficient (Wildman–Crippen LogP) is 11.7. The third-order valence-corrected chi connectivity index (χ3v) is 10.3. The van der Waals surface area contributed by atoms with E-state index in [1.807, 2.05) is 6.92 Å². The van der Waals surface area contributed by atoms with Crippen LogP contribution in [-0.4, -0.2) is 9.97 Å². The lowest BCUT2D eigenvalue weighted by molar-refractivity contribution is 0.525. The Morgan fingerprint density at radius 3 is 1.36 bits per heavy atom. The van der Waals surface area contributed by atoms with Gasteiger partial charge in [-0.15, -0.1) is 22.7 Å². The second-order valence-electron chi connectivity index (χ2n) is 9.38. The summed E-state index contributed by atoms with van der Waals surface area (Å²) in [4.78, 5) is 9.47. The number of unbranched alkanes of at least 4 members (excludes halogenated alkanes) is 17. The van der Waals surface area contributed by atoms with Crippen molar-refractivity contribution in [2.45, 2.75) is 136 Å². The third-order valence-electron chi connectivity index (χ3n) is 6.34. The molecular formula is C27H44Br2N2S2. The Kier molecular flexibility index (Phi) is 16.5. The SMILES string of the molecule is CCCCCCCCCCCCCCCCCCCCc1nc(-c2nc(C)c(Br)s2)sc1Br. The normalized spacial score (nSPS) is 11.5. The second kappa shape index (κ2) is 18.5. The average molecular weight is 621 g/mol. The molecule has 0 unspecified atom stereocenters. The smallest absolute Gasteiger partial charge is 0.153 e. The molecule has 33 heavy (non-hydrogen) atoms. The number of hydrogen-bond acceptors (Lipinski definition) is 4. The third kappa shape index (κ3) is 12.7. The molecule has 0 saturated carbocycles. The van der Waals surface area contributed by atoms with E-state index in [9.17, 15) is 0 Å². The monoisotopic (exact) mass is 618 g/mol. The first-order valence-corrected chi connectivity index (χ1v) is 16.6. The molecule has 0 radical (unpaired) electrons. The summed E-state index contributed by atoms with van der Waals surface area (Å²) in [6.07, 6.45) is 26.6. The molecule has 188 valence electrons. The first kappa shape index (κ1) is 29.5. The van der Waals surface area contributed by atoms with Crippen LogP contribution in [0, 0.1) is 6.92 Å². The van der Waals surface area contributed by atoms with E-state index in [0.717, 1.165) is 25.9 Å². The summed E-state index contributed by atoms with van der Waals surface area (Å²) in [6, 6.07) is 0. The molecule has 2 rings (SSSR count). The van der Waals surface area contributed by atoms with Crippen LogP contribution in [0.5, 0.6) is 0 Å². The van der Waals surface area contributed by atoms with Crippen LogP contribution in [0.2, 0.25) is 0 Å². The fourth-order valence-electron chi connectivity index (χ4n) is 4.24. The summed E-state index contributed by atoms with van der Waals surface area (Å²) in [6.45, 7) is 4.33. The van der Waals surface area contributed by atoms with Crippen LogP contribution in [0.25, 0.3) is 10.0 Å². The fourth-order valence-corrected chi connectivity index (χ4v) is 7.19. The van der Waals surface area contributed by atoms with E-state index in [4.69, 9.17) is 4.98 Å². The minimum absolute atomic E-state index is 1.02. The van der Waals surface area contributed by atoms with Crippen molar-refractivity contribution >= 4 is 54.5 Å². The van der Waals surface area contributed by atoms with Gasteiger partial charge in [-0.2, -0.15) is 0 Å². The van der Waals surface area contributed by atoms with Crippen molar-refractivity contribution in [3.05, 3.63) is 19.0 Å². The number of rotatable bonds is 20. The topological polar surface area (TPSA) is 25.8 Å². The number of thiazole rings is 2. The summed E-state index contributed by atoms with van der Waals surface area (Å²) >= 11 is 10.7. The number of nitrogens with zero attached hydrogens (tertiary/aromatic N) is 2. The highest BCUT2D eigenvalue weighted by molar-refractivity contribution is 9.11. The van der Waals surface area contributed by atoms with Gasteiger partial charge in [0.05, 0.1) is 19.0 Å². The van der Waals surface area contributed by atoms with E-state index in [-0.39, 0.29) is 0 Å². The maximum absolute atomic E-state index is 4.85. The van der Waals surface area contributed by atoms with Crippen molar-refractivity contribution in [3.63, 3.8) is 0 Å². The van der Waals surface area contributed by atoms with Crippen LogP contribution >= 0.6 is 54.5 Å². The van der Waals surface area contributed by atoms with Gasteiger partial charge in [-0.25, -0.2) is 9.97 Å². The minimum Gasteiger partial charge on any atom is -0.238 e. The maximum atomic E-state index is 4.85. The fraction of sp³-hybridized carbons (Fsp3) is 0.778. The molecule has 0 aliphatic carbocycles. The van der Waals surface area contributed by atoms with Crippen LogP contribution in [0.3, 0.4) is 0 Å². The first-order chi connectivity index (χ1) is 16.1. The highest BCUT2D eigenvalue weighted by atomic mass is 79.9. The summed E-state index contributed by atoms with van der Waals surface area (Å²) in [7, 11) is 0. The Morgan fingerprint density at radius 1 is 0.545 bits per heavy atom. The van der Waals surface area contributed by atoms with Gasteiger partial charge in [0.25, 0.3) is 0 Å². The summed E-state index contributed by atoms with van der Waals surface area (Å²) < 4.78 is 2.28. The molecular weight excluding hydrogens is 576 g/mol. The molecule has 0 aromatic carbocycles. The van der Waals surface area contributed by atoms with Crippen molar-refractivity contribution in [1.82, 2.24) is 9.97 Å². The van der Waals surface area contributed by atoms with E-state index < -0.39 is 0 Å². The van der Waals surface area contributed by atoms with E-state index in [1.165, 1.54) is 125 Å². The van der Waals surface area contributed by atoms with Crippen LogP contribution in [0.4, 0.5) is 0 Å². The summed E-state index contributed by atoms with van der Waals surface area (Å²) in [5.41, 5.74) is 2.25. The summed E-state index contributed by atoms with van der Waals surface area (Å²) in [5.74, 6) is 0. The molecule has 0 saturated heterocycles. The van der Waals surface area contributed by atoms with Crippen molar-refractivity contribution < 1.29 is 0 Å². The Labute approximate surface area is 228 Å². The Hall–Kier alpha value is 0.220. The lowest BCUT2D eigenvalue weighted by Crippen LogP contribution is -1.88. The predicted molar refractivity (Wildman–Crippen MR) is 156 cm³/mol. The molecule has 0 atom stereocenters. The van der Waals surface area contributed by atoms with Crippen molar-refractivity contribution in [1.29, 1.82) is 0 Å². The van der Waals surface area contributed by atoms with Gasteiger partial charge in [0.15, 0.2) is 10.0 Å². The van der Waals surface area contributed by atoms with Gasteiger partial charge >= 0.3 is 0 Å². The van der Waals surface area contributed by atoms with Gasteiger partial charge in [0.1, 0.15) is 0 Å². The largest absolute Gasteiger partial charge is 0.238 e. The van der Waals surface area contributed by atoms with Crippen LogP contribution in [0.15, 0.2) is 7.57 Å². The van der Waals surface area contributed by atoms with Crippen molar-refractivity contribution in [2.75, 3.05) is 0 Å². The van der Waals surface area contributed by atoms with E-state index in [2.05, 4.69) is 43.8 Å². The summed E-state index contributed by atoms with van der Waals surface area (Å²) in [5, 5.41) is 2.06. The quantitative estimate of drug-likeness (QED) is 0.138. The molecule has 2 aromatic rings. The molecule has 0 aliphatic rings. The highest BCUT2D eigenvalue weighted by Gasteiger charge is 2.14. The van der Waals surface area contributed by atoms with Crippen molar-refractivity contribution in [2.24, 2.45) is 0 Å². The zero-order valence-corrected chi connectivity index (χ0v) is 25.7. The van der Waals surface area contributed by atoms with Gasteiger partial charge in [0, 0.05) is 0 Å². The van der Waals surface area contributed by atoms with Crippen molar-refractivity contribution in [3.8, 4) is 10.0 Å². The standard InChI is InChI=1S/C27H44Br2N2S2/c1-3-4-5-6-7-8-9-10-11-12-13-14-15-16-17-18-19-20-21-23-25(29)33-27(31-23)26-30-22(2)24(28)32-26/h3-21H2,1-2H3. The number of aryl methyl sites for hydroxylation is 2. The Morgan fingerprint density at radius 2 is 0.939 bits per heavy atom. The van der Waals surface area contributed by atoms with E-state index in [0.29, 0.717) is 0 Å². The molecule has 2 nitrogen and oxygen atoms in total. The zero-order valence-electron chi connectivity index (χ0n) is 20.9. The molecule has 2 aromatic heterocycles. The van der Waals surface area contributed by atoms with E-state index >= 15 is 0 Å². The highest BCUT2D eigenvalue weighted by Crippen LogP contribution is 2.37. The molecule has 2 heterocycles. The molecule has 0 bridgehead atoms. The maximum Gasteiger partial charge on any atom is 0.153 e. The van der Waals surface area contributed by atoms with Crippen LogP contribution in [-0.2, 0) is 6.42 Å². The van der Waals surface area contributed by atoms with Gasteiger partial charge in [-0.05, 0) is 51.6 Å². The molecule has 0 amide bonds. The lowest BCUT2D eigenvalue weighted by Gasteiger charge is -2.04. The number of halogens is 2. The van der Waals surface area contributed by atoms with Gasteiger partial charge in [-0.1, -0.05) is 116 Å². The Bertz CT molecular complexity index is 738. The second-order valence-corrected chi connectivity index (χ2v) is 14.0. The van der Waals surface area contributed by atoms with Gasteiger partial charge in [-0.3, -0.25) is 0 Å². The van der Waals surface area contributed by atoms with Crippen LogP contribution in [0.1, 0.15) is 134 Å². The van der Waals surface area contributed by atoms with Crippen LogP contribution < -0.4 is 0 Å². The molecule has 0 spiro atoms. The Balaban J connectivity index is 1.38.